The monoisotopic (exact) mass is 883 g/mol. The quantitative estimate of drug-likeness (QED) is 0.0812. The van der Waals surface area contributed by atoms with Crippen LogP contribution in [0, 0.1) is 22.8 Å². The van der Waals surface area contributed by atoms with Crippen LogP contribution in [0.25, 0.3) is 43.6 Å². The van der Waals surface area contributed by atoms with E-state index >= 15 is 0 Å². The molecule has 0 aliphatic heterocycles. The zero-order valence-corrected chi connectivity index (χ0v) is 35.6. The number of aliphatic hydroxyl groups excluding tert-OH is 1. The Morgan fingerprint density at radius 3 is 2.10 bits per heavy atom. The van der Waals surface area contributed by atoms with Gasteiger partial charge < -0.3 is 5.11 Å². The standard InChI is InChI=1S/C29H28N3S.C15H28O2.Ir/c1-18(2)12-21-15-27(32-24-10-11-33-28(21)24)26-16-25(30-17-31-26)20-13-19-8-6-7-9-22(19)23(14-20)29(3,4)5;1-7-14(5,8-2)12(16)11-13(17)15(6,9-3)10-4;/h6-11,14-18H,12H2,1-5H3;11,16H,7-10H2,1-6H3;/q-1;;/b;12-11-;. The Labute approximate surface area is 323 Å². The molecule has 0 aliphatic rings. The first-order valence-corrected chi connectivity index (χ1v) is 19.1. The van der Waals surface area contributed by atoms with Crippen LogP contribution in [0.1, 0.15) is 113 Å². The number of aromatic nitrogens is 3. The molecule has 0 fully saturated rings. The molecule has 0 amide bonds. The van der Waals surface area contributed by atoms with Gasteiger partial charge in [0.25, 0.3) is 0 Å². The van der Waals surface area contributed by atoms with Crippen LogP contribution >= 0.6 is 11.3 Å². The first-order chi connectivity index (χ1) is 23.6. The fourth-order valence-electron chi connectivity index (χ4n) is 6.06. The SMILES string of the molecule is CC(C)Cc1cc(-c2cc(-c3[c-]c4ccccc4c(C(C)(C)C)c3)ncn2)nc2ccsc12.CCC(C)(CC)C(=O)/C=C(\O)C(C)(CC)CC.[Ir]. The van der Waals surface area contributed by atoms with Crippen molar-refractivity contribution in [2.45, 2.75) is 114 Å². The van der Waals surface area contributed by atoms with Crippen molar-refractivity contribution in [3.05, 3.63) is 89.3 Å². The predicted octanol–water partition coefficient (Wildman–Crippen LogP) is 12.5. The normalized spacial score (nSPS) is 12.5. The van der Waals surface area contributed by atoms with Gasteiger partial charge in [-0.1, -0.05) is 105 Å². The van der Waals surface area contributed by atoms with Crippen molar-refractivity contribution in [2.75, 3.05) is 0 Å². The van der Waals surface area contributed by atoms with Gasteiger partial charge in [-0.25, -0.2) is 9.97 Å². The van der Waals surface area contributed by atoms with Gasteiger partial charge in [-0.15, -0.1) is 40.5 Å². The number of nitrogens with zero attached hydrogens (tertiary/aromatic N) is 3. The van der Waals surface area contributed by atoms with Gasteiger partial charge in [-0.2, -0.15) is 0 Å². The topological polar surface area (TPSA) is 76.0 Å². The van der Waals surface area contributed by atoms with Crippen LogP contribution < -0.4 is 0 Å². The van der Waals surface area contributed by atoms with Crippen molar-refractivity contribution in [1.82, 2.24) is 15.0 Å². The molecule has 1 radical (unpaired) electrons. The predicted molar refractivity (Wildman–Crippen MR) is 213 cm³/mol. The molecule has 275 valence electrons. The smallest absolute Gasteiger partial charge is 0.164 e. The average molecular weight is 883 g/mol. The van der Waals surface area contributed by atoms with E-state index < -0.39 is 0 Å². The molecule has 7 heteroatoms. The van der Waals surface area contributed by atoms with E-state index in [2.05, 4.69) is 98.5 Å². The zero-order valence-electron chi connectivity index (χ0n) is 32.4. The van der Waals surface area contributed by atoms with E-state index in [1.165, 1.54) is 27.3 Å². The molecule has 51 heavy (non-hydrogen) atoms. The summed E-state index contributed by atoms with van der Waals surface area (Å²) in [5, 5.41) is 14.6. The van der Waals surface area contributed by atoms with E-state index in [-0.39, 0.29) is 47.9 Å². The minimum atomic E-state index is -0.337. The fourth-order valence-corrected chi connectivity index (χ4v) is 6.92. The first-order valence-electron chi connectivity index (χ1n) is 18.2. The first kappa shape index (κ1) is 42.2. The molecule has 5 aromatic rings. The maximum Gasteiger partial charge on any atom is 0.164 e. The number of ketones is 1. The number of rotatable bonds is 11. The molecule has 0 saturated carbocycles. The van der Waals surface area contributed by atoms with Crippen molar-refractivity contribution >= 4 is 38.1 Å². The van der Waals surface area contributed by atoms with Gasteiger partial charge in [0.1, 0.15) is 12.1 Å². The van der Waals surface area contributed by atoms with Gasteiger partial charge in [0.15, 0.2) is 5.78 Å². The third-order valence-electron chi connectivity index (χ3n) is 10.5. The van der Waals surface area contributed by atoms with Crippen molar-refractivity contribution in [2.24, 2.45) is 16.7 Å². The summed E-state index contributed by atoms with van der Waals surface area (Å²) in [5.74, 6) is 0.864. The van der Waals surface area contributed by atoms with Crippen LogP contribution in [0.3, 0.4) is 0 Å². The van der Waals surface area contributed by atoms with Crippen LogP contribution in [-0.2, 0) is 36.7 Å². The van der Waals surface area contributed by atoms with E-state index in [4.69, 9.17) is 4.98 Å². The van der Waals surface area contributed by atoms with E-state index in [0.29, 0.717) is 5.92 Å². The van der Waals surface area contributed by atoms with E-state index in [0.717, 1.165) is 65.7 Å². The number of carbonyl (C=O) groups is 1. The molecule has 0 saturated heterocycles. The molecule has 3 heterocycles. The minimum absolute atomic E-state index is 0. The number of hydrogen-bond donors (Lipinski definition) is 1. The second kappa shape index (κ2) is 17.5. The van der Waals surface area contributed by atoms with Gasteiger partial charge in [0.05, 0.1) is 21.6 Å². The molecule has 0 spiro atoms. The number of hydrogen-bond acceptors (Lipinski definition) is 6. The van der Waals surface area contributed by atoms with Gasteiger partial charge in [0, 0.05) is 42.7 Å². The summed E-state index contributed by atoms with van der Waals surface area (Å²) < 4.78 is 1.28. The molecular weight excluding hydrogens is 827 g/mol. The van der Waals surface area contributed by atoms with Crippen LogP contribution in [-0.4, -0.2) is 25.8 Å². The second-order valence-electron chi connectivity index (χ2n) is 15.5. The van der Waals surface area contributed by atoms with Gasteiger partial charge in [0.2, 0.25) is 0 Å². The minimum Gasteiger partial charge on any atom is -0.512 e. The Morgan fingerprint density at radius 1 is 0.863 bits per heavy atom. The molecule has 3 aromatic heterocycles. The molecule has 0 atom stereocenters. The Morgan fingerprint density at radius 2 is 1.49 bits per heavy atom. The third-order valence-corrected chi connectivity index (χ3v) is 11.5. The number of aliphatic hydroxyl groups is 1. The summed E-state index contributed by atoms with van der Waals surface area (Å²) in [6, 6.07) is 20.6. The largest absolute Gasteiger partial charge is 0.512 e. The van der Waals surface area contributed by atoms with Crippen LogP contribution in [0.2, 0.25) is 0 Å². The van der Waals surface area contributed by atoms with Crippen LogP contribution in [0.4, 0.5) is 0 Å². The average Bonchev–Trinajstić information content (AvgIpc) is 3.59. The number of carbonyl (C=O) groups excluding carboxylic acids is 1. The molecule has 0 unspecified atom stereocenters. The molecule has 0 aliphatic carbocycles. The number of fused-ring (bicyclic) bond motifs is 2. The summed E-state index contributed by atoms with van der Waals surface area (Å²) in [7, 11) is 0. The fraction of sp³-hybridized carbons (Fsp3) is 0.455. The Balaban J connectivity index is 0.000000335. The second-order valence-corrected chi connectivity index (χ2v) is 16.4. The number of pyridine rings is 1. The van der Waals surface area contributed by atoms with Crippen molar-refractivity contribution in [3.63, 3.8) is 0 Å². The summed E-state index contributed by atoms with van der Waals surface area (Å²) in [6.45, 7) is 23.3. The molecule has 5 rings (SSSR count). The molecule has 5 nitrogen and oxygen atoms in total. The number of allylic oxidation sites excluding steroid dienone is 2. The van der Waals surface area contributed by atoms with Gasteiger partial charge in [-0.3, -0.25) is 9.78 Å². The Bertz CT molecular complexity index is 1960. The van der Waals surface area contributed by atoms with Gasteiger partial charge in [-0.05, 0) is 72.6 Å². The van der Waals surface area contributed by atoms with E-state index in [1.54, 1.807) is 17.7 Å². The van der Waals surface area contributed by atoms with E-state index in [1.807, 2.05) is 47.6 Å². The molecule has 2 aromatic carbocycles. The number of benzene rings is 2. The zero-order chi connectivity index (χ0) is 36.9. The molecular formula is C44H56IrN3O2S-. The van der Waals surface area contributed by atoms with Crippen LogP contribution in [0.5, 0.6) is 0 Å². The number of thiophene rings is 1. The Hall–Kier alpha value is -3.25. The third kappa shape index (κ3) is 9.80. The van der Waals surface area contributed by atoms with Gasteiger partial charge >= 0.3 is 0 Å². The maximum absolute atomic E-state index is 12.2. The molecule has 0 bridgehead atoms. The summed E-state index contributed by atoms with van der Waals surface area (Å²) >= 11 is 1.76. The summed E-state index contributed by atoms with van der Waals surface area (Å²) in [4.78, 5) is 26.3. The van der Waals surface area contributed by atoms with Crippen molar-refractivity contribution < 1.29 is 30.0 Å². The molecule has 1 N–H and O–H groups in total. The van der Waals surface area contributed by atoms with Crippen molar-refractivity contribution in [3.8, 4) is 22.6 Å². The van der Waals surface area contributed by atoms with Crippen LogP contribution in [0.15, 0.2) is 72.1 Å². The summed E-state index contributed by atoms with van der Waals surface area (Å²) in [5.41, 5.74) is 6.69. The summed E-state index contributed by atoms with van der Waals surface area (Å²) in [6.07, 6.45) is 7.42. The van der Waals surface area contributed by atoms with Crippen molar-refractivity contribution in [1.29, 1.82) is 0 Å². The van der Waals surface area contributed by atoms with E-state index in [9.17, 15) is 9.90 Å². The maximum atomic E-state index is 12.2. The Kier molecular flexibility index (Phi) is 14.5.